The first-order valence-electron chi connectivity index (χ1n) is 6.71. The molecule has 21 heavy (non-hydrogen) atoms. The molecule has 0 spiro atoms. The Morgan fingerprint density at radius 1 is 1.29 bits per heavy atom. The molecule has 1 saturated heterocycles. The van der Waals surface area contributed by atoms with Gasteiger partial charge in [0, 0.05) is 44.2 Å². The van der Waals surface area contributed by atoms with Crippen LogP contribution in [0, 0.1) is 12.7 Å². The molecule has 0 aliphatic carbocycles. The zero-order valence-corrected chi connectivity index (χ0v) is 12.6. The van der Waals surface area contributed by atoms with Gasteiger partial charge in [-0.3, -0.25) is 4.90 Å². The van der Waals surface area contributed by atoms with Crippen molar-refractivity contribution in [2.45, 2.75) is 25.8 Å². The van der Waals surface area contributed by atoms with Gasteiger partial charge in [0.2, 0.25) is 6.43 Å². The second-order valence-corrected chi connectivity index (χ2v) is 5.09. The van der Waals surface area contributed by atoms with Crippen LogP contribution in [-0.2, 0) is 0 Å². The molecule has 120 valence electrons. The number of halogens is 4. The number of nitrogens with one attached hydrogen (secondary N) is 1. The van der Waals surface area contributed by atoms with Crippen molar-refractivity contribution in [2.75, 3.05) is 26.2 Å². The van der Waals surface area contributed by atoms with Crippen molar-refractivity contribution in [3.63, 3.8) is 0 Å². The molecule has 1 aromatic rings. The van der Waals surface area contributed by atoms with Gasteiger partial charge in [-0.1, -0.05) is 0 Å². The summed E-state index contributed by atoms with van der Waals surface area (Å²) in [5.74, 6) is -0.597. The molecule has 1 fully saturated rings. The van der Waals surface area contributed by atoms with Gasteiger partial charge in [-0.2, -0.15) is 0 Å². The number of aryl methyl sites for hydroxylation is 1. The number of aromatic hydroxyl groups is 1. The van der Waals surface area contributed by atoms with Crippen LogP contribution in [0.4, 0.5) is 13.2 Å². The standard InChI is InChI=1S/C14H19F3N2O.ClH/c1-9-6-10(15)7-11(14(9)20)12(8-13(16)17)19-4-2-18-3-5-19;/h6-7,12-13,18,20H,2-5,8H2,1H3;1H/t12-;/m0./s1. The van der Waals surface area contributed by atoms with Crippen molar-refractivity contribution in [3.8, 4) is 5.75 Å². The van der Waals surface area contributed by atoms with Crippen LogP contribution in [0.1, 0.15) is 23.6 Å². The highest BCUT2D eigenvalue weighted by molar-refractivity contribution is 5.85. The molecule has 7 heteroatoms. The molecule has 3 nitrogen and oxygen atoms in total. The molecule has 0 unspecified atom stereocenters. The first kappa shape index (κ1) is 18.1. The smallest absolute Gasteiger partial charge is 0.240 e. The topological polar surface area (TPSA) is 35.5 Å². The Morgan fingerprint density at radius 3 is 2.48 bits per heavy atom. The average molecular weight is 325 g/mol. The van der Waals surface area contributed by atoms with E-state index < -0.39 is 24.7 Å². The molecule has 1 aliphatic heterocycles. The van der Waals surface area contributed by atoms with Gasteiger partial charge in [0.05, 0.1) is 0 Å². The molecule has 1 atom stereocenters. The average Bonchev–Trinajstić information content (AvgIpc) is 2.41. The predicted octanol–water partition coefficient (Wildman–Crippen LogP) is 2.86. The second-order valence-electron chi connectivity index (χ2n) is 5.09. The molecule has 0 bridgehead atoms. The quantitative estimate of drug-likeness (QED) is 0.894. The zero-order chi connectivity index (χ0) is 14.7. The Balaban J connectivity index is 0.00000220. The first-order chi connectivity index (χ1) is 9.49. The molecule has 0 saturated carbocycles. The van der Waals surface area contributed by atoms with Gasteiger partial charge in [0.1, 0.15) is 11.6 Å². The minimum absolute atomic E-state index is 0. The first-order valence-corrected chi connectivity index (χ1v) is 6.71. The summed E-state index contributed by atoms with van der Waals surface area (Å²) < 4.78 is 39.2. The summed E-state index contributed by atoms with van der Waals surface area (Å²) in [6.07, 6.45) is -2.91. The third kappa shape index (κ3) is 4.49. The maximum Gasteiger partial charge on any atom is 0.240 e. The Labute approximate surface area is 128 Å². The number of rotatable bonds is 4. The van der Waals surface area contributed by atoms with E-state index in [9.17, 15) is 18.3 Å². The number of hydrogen-bond donors (Lipinski definition) is 2. The van der Waals surface area contributed by atoms with Gasteiger partial charge in [-0.05, 0) is 24.6 Å². The van der Waals surface area contributed by atoms with E-state index in [0.29, 0.717) is 31.7 Å². The largest absolute Gasteiger partial charge is 0.507 e. The third-order valence-electron chi connectivity index (χ3n) is 3.65. The Bertz CT molecular complexity index is 468. The number of alkyl halides is 2. The van der Waals surface area contributed by atoms with Gasteiger partial charge < -0.3 is 10.4 Å². The highest BCUT2D eigenvalue weighted by atomic mass is 35.5. The molecule has 1 heterocycles. The van der Waals surface area contributed by atoms with E-state index >= 15 is 0 Å². The fraction of sp³-hybridized carbons (Fsp3) is 0.571. The van der Waals surface area contributed by atoms with E-state index in [1.54, 1.807) is 6.92 Å². The Hall–Kier alpha value is -0.980. The Kier molecular flexibility index (Phi) is 6.77. The molecule has 2 rings (SSSR count). The lowest BCUT2D eigenvalue weighted by Gasteiger charge is -2.35. The summed E-state index contributed by atoms with van der Waals surface area (Å²) in [5.41, 5.74) is 0.624. The lowest BCUT2D eigenvalue weighted by atomic mass is 9.97. The van der Waals surface area contributed by atoms with Gasteiger partial charge in [-0.25, -0.2) is 13.2 Å². The molecule has 0 amide bonds. The van der Waals surface area contributed by atoms with E-state index in [-0.39, 0.29) is 23.7 Å². The van der Waals surface area contributed by atoms with Crippen molar-refractivity contribution >= 4 is 12.4 Å². The monoisotopic (exact) mass is 324 g/mol. The van der Waals surface area contributed by atoms with Crippen molar-refractivity contribution in [1.29, 1.82) is 0 Å². The molecular formula is C14H20ClF3N2O. The van der Waals surface area contributed by atoms with Gasteiger partial charge >= 0.3 is 0 Å². The van der Waals surface area contributed by atoms with Gasteiger partial charge in [-0.15, -0.1) is 12.4 Å². The third-order valence-corrected chi connectivity index (χ3v) is 3.65. The zero-order valence-electron chi connectivity index (χ0n) is 11.8. The van der Waals surface area contributed by atoms with Crippen LogP contribution in [0.5, 0.6) is 5.75 Å². The number of hydrogen-bond acceptors (Lipinski definition) is 3. The normalized spacial score (nSPS) is 17.6. The summed E-state index contributed by atoms with van der Waals surface area (Å²) >= 11 is 0. The van der Waals surface area contributed by atoms with Crippen molar-refractivity contribution in [3.05, 3.63) is 29.1 Å². The van der Waals surface area contributed by atoms with Crippen LogP contribution in [-0.4, -0.2) is 42.6 Å². The molecule has 0 aromatic heterocycles. The lowest BCUT2D eigenvalue weighted by Crippen LogP contribution is -2.45. The SMILES string of the molecule is Cc1cc(F)cc([C@H](CC(F)F)N2CCNCC2)c1O.Cl. The number of phenolic OH excluding ortho intramolecular Hbond substituents is 1. The summed E-state index contributed by atoms with van der Waals surface area (Å²) in [6.45, 7) is 4.18. The van der Waals surface area contributed by atoms with Crippen molar-refractivity contribution in [2.24, 2.45) is 0 Å². The number of benzene rings is 1. The van der Waals surface area contributed by atoms with Crippen LogP contribution in [0.15, 0.2) is 12.1 Å². The van der Waals surface area contributed by atoms with E-state index in [1.807, 2.05) is 4.90 Å². The minimum Gasteiger partial charge on any atom is -0.507 e. The maximum atomic E-state index is 13.5. The maximum absolute atomic E-state index is 13.5. The van der Waals surface area contributed by atoms with Gasteiger partial charge in [0.15, 0.2) is 0 Å². The minimum atomic E-state index is -2.50. The molecule has 0 radical (unpaired) electrons. The van der Waals surface area contributed by atoms with E-state index in [0.717, 1.165) is 6.07 Å². The highest BCUT2D eigenvalue weighted by Crippen LogP contribution is 2.35. The molecule has 1 aromatic carbocycles. The van der Waals surface area contributed by atoms with E-state index in [2.05, 4.69) is 5.32 Å². The second kappa shape index (κ2) is 7.87. The van der Waals surface area contributed by atoms with Gasteiger partial charge in [0.25, 0.3) is 0 Å². The predicted molar refractivity (Wildman–Crippen MR) is 77.9 cm³/mol. The number of phenols is 1. The van der Waals surface area contributed by atoms with Crippen molar-refractivity contribution in [1.82, 2.24) is 10.2 Å². The van der Waals surface area contributed by atoms with E-state index in [4.69, 9.17) is 0 Å². The number of piperazine rings is 1. The summed E-state index contributed by atoms with van der Waals surface area (Å²) in [5, 5.41) is 13.2. The fourth-order valence-electron chi connectivity index (χ4n) is 2.65. The fourth-order valence-corrected chi connectivity index (χ4v) is 2.65. The van der Waals surface area contributed by atoms with Crippen LogP contribution in [0.2, 0.25) is 0 Å². The summed E-state index contributed by atoms with van der Waals surface area (Å²) in [7, 11) is 0. The lowest BCUT2D eigenvalue weighted by molar-refractivity contribution is 0.0728. The van der Waals surface area contributed by atoms with Crippen LogP contribution < -0.4 is 5.32 Å². The molecule has 1 aliphatic rings. The molecule has 2 N–H and O–H groups in total. The van der Waals surface area contributed by atoms with Crippen molar-refractivity contribution < 1.29 is 18.3 Å². The highest BCUT2D eigenvalue weighted by Gasteiger charge is 2.28. The number of nitrogens with zero attached hydrogens (tertiary/aromatic N) is 1. The Morgan fingerprint density at radius 2 is 1.90 bits per heavy atom. The summed E-state index contributed by atoms with van der Waals surface area (Å²) in [6, 6.07) is 1.71. The van der Waals surface area contributed by atoms with Crippen LogP contribution >= 0.6 is 12.4 Å². The van der Waals surface area contributed by atoms with Crippen LogP contribution in [0.3, 0.4) is 0 Å². The van der Waals surface area contributed by atoms with Crippen LogP contribution in [0.25, 0.3) is 0 Å². The summed E-state index contributed by atoms with van der Waals surface area (Å²) in [4.78, 5) is 1.87. The van der Waals surface area contributed by atoms with E-state index in [1.165, 1.54) is 6.07 Å². The molecular weight excluding hydrogens is 305 g/mol.